The van der Waals surface area contributed by atoms with Gasteiger partial charge >= 0.3 is 0 Å². The zero-order chi connectivity index (χ0) is 17.3. The molecule has 1 aromatic heterocycles. The van der Waals surface area contributed by atoms with Crippen molar-refractivity contribution >= 4 is 5.91 Å². The molecule has 23 heavy (non-hydrogen) atoms. The van der Waals surface area contributed by atoms with Crippen LogP contribution in [0.4, 0.5) is 0 Å². The molecule has 0 aliphatic rings. The Morgan fingerprint density at radius 1 is 1.39 bits per heavy atom. The second-order valence-corrected chi connectivity index (χ2v) is 6.68. The molecule has 6 heteroatoms. The first-order valence-corrected chi connectivity index (χ1v) is 8.23. The van der Waals surface area contributed by atoms with Gasteiger partial charge in [-0.15, -0.1) is 0 Å². The summed E-state index contributed by atoms with van der Waals surface area (Å²) in [4.78, 5) is 22.8. The second kappa shape index (κ2) is 9.45. The molecule has 1 amide bonds. The third kappa shape index (κ3) is 8.50. The number of carbonyl (C=O) groups excluding carboxylic acids is 1. The van der Waals surface area contributed by atoms with Gasteiger partial charge in [0.2, 0.25) is 11.8 Å². The third-order valence-corrected chi connectivity index (χ3v) is 3.34. The van der Waals surface area contributed by atoms with E-state index in [9.17, 15) is 4.79 Å². The van der Waals surface area contributed by atoms with E-state index in [0.717, 1.165) is 25.8 Å². The molecule has 0 aliphatic heterocycles. The molecule has 0 saturated carbocycles. The van der Waals surface area contributed by atoms with Gasteiger partial charge in [-0.2, -0.15) is 4.98 Å². The van der Waals surface area contributed by atoms with Crippen LogP contribution < -0.4 is 10.1 Å². The predicted molar refractivity (Wildman–Crippen MR) is 91.5 cm³/mol. The summed E-state index contributed by atoms with van der Waals surface area (Å²) >= 11 is 0. The summed E-state index contributed by atoms with van der Waals surface area (Å²) in [5, 5.41) is 3.06. The average molecular weight is 322 g/mol. The number of amides is 1. The van der Waals surface area contributed by atoms with Crippen molar-refractivity contribution in [2.45, 2.75) is 52.0 Å². The Labute approximate surface area is 139 Å². The van der Waals surface area contributed by atoms with Gasteiger partial charge in [0.15, 0.2) is 0 Å². The molecule has 1 rings (SSSR count). The number of carbonyl (C=O) groups is 1. The van der Waals surface area contributed by atoms with Crippen LogP contribution in [-0.4, -0.2) is 53.6 Å². The molecule has 0 bridgehead atoms. The van der Waals surface area contributed by atoms with Gasteiger partial charge in [0, 0.05) is 17.8 Å². The molecule has 0 aromatic carbocycles. The summed E-state index contributed by atoms with van der Waals surface area (Å²) in [6.45, 7) is 7.75. The van der Waals surface area contributed by atoms with Crippen LogP contribution in [0.2, 0.25) is 0 Å². The van der Waals surface area contributed by atoms with Crippen molar-refractivity contribution in [1.29, 1.82) is 0 Å². The first-order chi connectivity index (χ1) is 10.8. The largest absolute Gasteiger partial charge is 0.478 e. The number of rotatable bonds is 10. The van der Waals surface area contributed by atoms with Crippen molar-refractivity contribution in [2.24, 2.45) is 0 Å². The van der Waals surface area contributed by atoms with Crippen LogP contribution in [0.1, 0.15) is 45.9 Å². The fourth-order valence-corrected chi connectivity index (χ4v) is 2.22. The van der Waals surface area contributed by atoms with E-state index in [1.54, 1.807) is 12.3 Å². The summed E-state index contributed by atoms with van der Waals surface area (Å²) in [6.07, 6.45) is 4.68. The normalized spacial score (nSPS) is 11.6. The smallest absolute Gasteiger partial charge is 0.228 e. The van der Waals surface area contributed by atoms with Gasteiger partial charge in [-0.1, -0.05) is 6.92 Å². The summed E-state index contributed by atoms with van der Waals surface area (Å²) in [5.74, 6) is 0.947. The van der Waals surface area contributed by atoms with Gasteiger partial charge in [-0.3, -0.25) is 4.79 Å². The van der Waals surface area contributed by atoms with Crippen LogP contribution >= 0.6 is 0 Å². The zero-order valence-electron chi connectivity index (χ0n) is 15.1. The van der Waals surface area contributed by atoms with Gasteiger partial charge in [0.1, 0.15) is 5.82 Å². The van der Waals surface area contributed by atoms with E-state index in [1.165, 1.54) is 0 Å². The predicted octanol–water partition coefficient (Wildman–Crippen LogP) is 2.04. The average Bonchev–Trinajstić information content (AvgIpc) is 2.44. The van der Waals surface area contributed by atoms with Crippen LogP contribution in [0.3, 0.4) is 0 Å². The van der Waals surface area contributed by atoms with E-state index in [2.05, 4.69) is 34.3 Å². The number of hydrogen-bond donors (Lipinski definition) is 1. The van der Waals surface area contributed by atoms with Gasteiger partial charge in [-0.05, 0) is 53.8 Å². The van der Waals surface area contributed by atoms with Crippen molar-refractivity contribution in [3.8, 4) is 5.88 Å². The highest BCUT2D eigenvalue weighted by molar-refractivity contribution is 5.78. The zero-order valence-corrected chi connectivity index (χ0v) is 15.1. The monoisotopic (exact) mass is 322 g/mol. The summed E-state index contributed by atoms with van der Waals surface area (Å²) in [5.41, 5.74) is -0.233. The molecule has 0 unspecified atom stereocenters. The lowest BCUT2D eigenvalue weighted by atomic mass is 9.98. The molecular formula is C17H30N4O2. The first-order valence-electron chi connectivity index (χ1n) is 8.23. The lowest BCUT2D eigenvalue weighted by Gasteiger charge is -2.27. The van der Waals surface area contributed by atoms with Gasteiger partial charge in [0.05, 0.1) is 13.0 Å². The Kier molecular flexibility index (Phi) is 7.95. The molecule has 1 aromatic rings. The van der Waals surface area contributed by atoms with Crippen LogP contribution in [0.15, 0.2) is 12.3 Å². The minimum absolute atomic E-state index is 0.0625. The Morgan fingerprint density at radius 2 is 2.13 bits per heavy atom. The highest BCUT2D eigenvalue weighted by Gasteiger charge is 2.20. The van der Waals surface area contributed by atoms with Crippen molar-refractivity contribution in [3.63, 3.8) is 0 Å². The van der Waals surface area contributed by atoms with Crippen LogP contribution in [-0.2, 0) is 11.2 Å². The SMILES string of the molecule is CCCOc1ccnc(CC(=O)NC(C)(C)CCCN(C)C)n1. The lowest BCUT2D eigenvalue weighted by Crippen LogP contribution is -2.44. The number of nitrogens with one attached hydrogen (secondary N) is 1. The van der Waals surface area contributed by atoms with Crippen molar-refractivity contribution < 1.29 is 9.53 Å². The summed E-state index contributed by atoms with van der Waals surface area (Å²) in [6, 6.07) is 1.71. The minimum atomic E-state index is -0.233. The highest BCUT2D eigenvalue weighted by Crippen LogP contribution is 2.12. The highest BCUT2D eigenvalue weighted by atomic mass is 16.5. The van der Waals surface area contributed by atoms with E-state index >= 15 is 0 Å². The standard InChI is InChI=1S/C17H30N4O2/c1-6-12-23-16-8-10-18-14(19-16)13-15(22)20-17(2,3)9-7-11-21(4)5/h8,10H,6-7,9,11-13H2,1-5H3,(H,20,22). The molecule has 1 N–H and O–H groups in total. The molecule has 6 nitrogen and oxygen atoms in total. The van der Waals surface area contributed by atoms with Crippen LogP contribution in [0.5, 0.6) is 5.88 Å². The van der Waals surface area contributed by atoms with E-state index < -0.39 is 0 Å². The quantitative estimate of drug-likeness (QED) is 0.714. The number of nitrogens with zero attached hydrogens (tertiary/aromatic N) is 3. The molecule has 0 radical (unpaired) electrons. The van der Waals surface area contributed by atoms with Crippen molar-refractivity contribution in [1.82, 2.24) is 20.2 Å². The Bertz CT molecular complexity index is 489. The fraction of sp³-hybridized carbons (Fsp3) is 0.706. The second-order valence-electron chi connectivity index (χ2n) is 6.68. The third-order valence-electron chi connectivity index (χ3n) is 3.34. The van der Waals surface area contributed by atoms with Crippen LogP contribution in [0.25, 0.3) is 0 Å². The molecule has 0 atom stereocenters. The molecule has 1 heterocycles. The van der Waals surface area contributed by atoms with E-state index in [1.807, 2.05) is 20.8 Å². The van der Waals surface area contributed by atoms with E-state index in [0.29, 0.717) is 18.3 Å². The first kappa shape index (κ1) is 19.4. The topological polar surface area (TPSA) is 67.3 Å². The molecule has 0 saturated heterocycles. The Hall–Kier alpha value is -1.69. The number of ether oxygens (including phenoxy) is 1. The maximum atomic E-state index is 12.2. The maximum absolute atomic E-state index is 12.2. The van der Waals surface area contributed by atoms with Gasteiger partial charge < -0.3 is 15.0 Å². The van der Waals surface area contributed by atoms with Crippen molar-refractivity contribution in [3.05, 3.63) is 18.1 Å². The van der Waals surface area contributed by atoms with Crippen molar-refractivity contribution in [2.75, 3.05) is 27.2 Å². The Balaban J connectivity index is 2.48. The van der Waals surface area contributed by atoms with Crippen LogP contribution in [0, 0.1) is 0 Å². The van der Waals surface area contributed by atoms with E-state index in [-0.39, 0.29) is 17.9 Å². The summed E-state index contributed by atoms with van der Waals surface area (Å²) in [7, 11) is 4.10. The minimum Gasteiger partial charge on any atom is -0.478 e. The van der Waals surface area contributed by atoms with Gasteiger partial charge in [0.25, 0.3) is 0 Å². The number of aromatic nitrogens is 2. The van der Waals surface area contributed by atoms with Gasteiger partial charge in [-0.25, -0.2) is 4.98 Å². The number of hydrogen-bond acceptors (Lipinski definition) is 5. The molecule has 0 fully saturated rings. The maximum Gasteiger partial charge on any atom is 0.228 e. The van der Waals surface area contributed by atoms with E-state index in [4.69, 9.17) is 4.74 Å². The fourth-order valence-electron chi connectivity index (χ4n) is 2.22. The lowest BCUT2D eigenvalue weighted by molar-refractivity contribution is -0.122. The Morgan fingerprint density at radius 3 is 2.78 bits per heavy atom. The molecule has 0 aliphatic carbocycles. The molecule has 130 valence electrons. The molecule has 0 spiro atoms. The molecular weight excluding hydrogens is 292 g/mol. The summed E-state index contributed by atoms with van der Waals surface area (Å²) < 4.78 is 5.47.